The van der Waals surface area contributed by atoms with Gasteiger partial charge in [-0.15, -0.1) is 0 Å². The summed E-state index contributed by atoms with van der Waals surface area (Å²) in [5, 5.41) is 4.26. The number of nitrogens with one attached hydrogen (secondary N) is 1. The zero-order chi connectivity index (χ0) is 12.1. The van der Waals surface area contributed by atoms with Crippen LogP contribution in [0.5, 0.6) is 0 Å². The highest BCUT2D eigenvalue weighted by Crippen LogP contribution is 2.27. The van der Waals surface area contributed by atoms with Gasteiger partial charge in [0, 0.05) is 12.5 Å². The molecule has 0 saturated heterocycles. The predicted octanol–water partition coefficient (Wildman–Crippen LogP) is 3.62. The van der Waals surface area contributed by atoms with E-state index in [0.717, 1.165) is 12.0 Å². The van der Waals surface area contributed by atoms with Crippen LogP contribution < -0.4 is 5.32 Å². The number of carbonyl (C=O) groups is 1. The summed E-state index contributed by atoms with van der Waals surface area (Å²) in [6, 6.07) is 5.68. The van der Waals surface area contributed by atoms with Crippen molar-refractivity contribution in [3.63, 3.8) is 0 Å². The number of ketones is 1. The van der Waals surface area contributed by atoms with Crippen molar-refractivity contribution in [1.82, 2.24) is 5.32 Å². The zero-order valence-electron chi connectivity index (χ0n) is 9.39. The number of Topliss-reactive ketones (excluding diaryl/α,β-unsaturated/α-hetero) is 1. The lowest BCUT2D eigenvalue weighted by Gasteiger charge is -2.16. The van der Waals surface area contributed by atoms with Crippen molar-refractivity contribution < 1.29 is 4.79 Å². The topological polar surface area (TPSA) is 29.1 Å². The van der Waals surface area contributed by atoms with E-state index in [4.69, 9.17) is 23.2 Å². The second-order valence-electron chi connectivity index (χ2n) is 3.76. The van der Waals surface area contributed by atoms with Crippen LogP contribution in [0, 0.1) is 0 Å². The van der Waals surface area contributed by atoms with Crippen LogP contribution in [0.3, 0.4) is 0 Å². The van der Waals surface area contributed by atoms with Crippen molar-refractivity contribution in [1.29, 1.82) is 0 Å². The summed E-state index contributed by atoms with van der Waals surface area (Å²) in [7, 11) is 1.87. The van der Waals surface area contributed by atoms with E-state index in [0.29, 0.717) is 16.5 Å². The van der Waals surface area contributed by atoms with Crippen LogP contribution in [0.15, 0.2) is 18.2 Å². The summed E-state index contributed by atoms with van der Waals surface area (Å²) < 4.78 is 0. The molecule has 0 fully saturated rings. The fraction of sp³-hybridized carbons (Fsp3) is 0.417. The quantitative estimate of drug-likeness (QED) is 0.875. The first kappa shape index (κ1) is 13.5. The zero-order valence-corrected chi connectivity index (χ0v) is 10.9. The summed E-state index contributed by atoms with van der Waals surface area (Å²) in [5.74, 6) is 0.195. The molecule has 0 saturated carbocycles. The molecule has 16 heavy (non-hydrogen) atoms. The van der Waals surface area contributed by atoms with E-state index in [1.165, 1.54) is 0 Å². The van der Waals surface area contributed by atoms with E-state index in [9.17, 15) is 4.79 Å². The Morgan fingerprint density at radius 3 is 2.56 bits per heavy atom. The second kappa shape index (κ2) is 6.24. The van der Waals surface area contributed by atoms with Gasteiger partial charge in [-0.05, 0) is 38.1 Å². The van der Waals surface area contributed by atoms with Crippen molar-refractivity contribution >= 4 is 29.0 Å². The Labute approximate surface area is 106 Å². The van der Waals surface area contributed by atoms with Gasteiger partial charge in [0.2, 0.25) is 0 Å². The normalized spacial score (nSPS) is 12.5. The van der Waals surface area contributed by atoms with Crippen LogP contribution in [-0.2, 0) is 4.79 Å². The highest BCUT2D eigenvalue weighted by molar-refractivity contribution is 6.42. The molecule has 0 heterocycles. The first-order chi connectivity index (χ1) is 7.54. The first-order valence-corrected chi connectivity index (χ1v) is 5.92. The molecule has 4 heteroatoms. The molecule has 0 radical (unpaired) electrons. The van der Waals surface area contributed by atoms with Gasteiger partial charge >= 0.3 is 0 Å². The van der Waals surface area contributed by atoms with Gasteiger partial charge in [0.15, 0.2) is 0 Å². The van der Waals surface area contributed by atoms with Crippen molar-refractivity contribution in [3.8, 4) is 0 Å². The molecule has 0 aromatic heterocycles. The van der Waals surface area contributed by atoms with Gasteiger partial charge in [0.25, 0.3) is 0 Å². The van der Waals surface area contributed by atoms with Gasteiger partial charge < -0.3 is 10.1 Å². The number of rotatable bonds is 5. The van der Waals surface area contributed by atoms with E-state index in [2.05, 4.69) is 5.32 Å². The standard InChI is InChI=1S/C12H15Cl2NO/c1-8(16)3-6-12(15-2)9-4-5-10(13)11(14)7-9/h4-5,7,12,15H,3,6H2,1-2H3. The van der Waals surface area contributed by atoms with Crippen LogP contribution in [0.1, 0.15) is 31.4 Å². The molecule has 1 atom stereocenters. The van der Waals surface area contributed by atoms with Gasteiger partial charge in [-0.1, -0.05) is 29.3 Å². The lowest BCUT2D eigenvalue weighted by molar-refractivity contribution is -0.117. The minimum Gasteiger partial charge on any atom is -0.313 e. The van der Waals surface area contributed by atoms with Crippen LogP contribution in [-0.4, -0.2) is 12.8 Å². The Morgan fingerprint density at radius 1 is 1.38 bits per heavy atom. The molecule has 1 aromatic rings. The largest absolute Gasteiger partial charge is 0.313 e. The van der Waals surface area contributed by atoms with Gasteiger partial charge in [0.1, 0.15) is 5.78 Å². The van der Waals surface area contributed by atoms with Gasteiger partial charge in [-0.3, -0.25) is 0 Å². The van der Waals surface area contributed by atoms with Gasteiger partial charge in [-0.25, -0.2) is 0 Å². The van der Waals surface area contributed by atoms with E-state index in [1.807, 2.05) is 19.2 Å². The van der Waals surface area contributed by atoms with E-state index < -0.39 is 0 Å². The molecule has 0 amide bonds. The summed E-state index contributed by atoms with van der Waals surface area (Å²) in [5.41, 5.74) is 1.05. The van der Waals surface area contributed by atoms with Gasteiger partial charge in [-0.2, -0.15) is 0 Å². The Morgan fingerprint density at radius 2 is 2.06 bits per heavy atom. The second-order valence-corrected chi connectivity index (χ2v) is 4.57. The predicted molar refractivity (Wildman–Crippen MR) is 68.2 cm³/mol. The average molecular weight is 260 g/mol. The summed E-state index contributed by atoms with van der Waals surface area (Å²) >= 11 is 11.8. The third-order valence-corrected chi connectivity index (χ3v) is 3.22. The molecule has 0 spiro atoms. The minimum absolute atomic E-state index is 0.138. The Kier molecular flexibility index (Phi) is 5.26. The molecule has 0 bridgehead atoms. The molecular weight excluding hydrogens is 245 g/mol. The van der Waals surface area contributed by atoms with Gasteiger partial charge in [0.05, 0.1) is 10.0 Å². The maximum absolute atomic E-state index is 10.9. The van der Waals surface area contributed by atoms with Crippen molar-refractivity contribution in [2.24, 2.45) is 0 Å². The number of halogens is 2. The number of benzene rings is 1. The van der Waals surface area contributed by atoms with Crippen molar-refractivity contribution in [2.45, 2.75) is 25.8 Å². The maximum Gasteiger partial charge on any atom is 0.129 e. The first-order valence-electron chi connectivity index (χ1n) is 5.16. The van der Waals surface area contributed by atoms with Crippen molar-refractivity contribution in [3.05, 3.63) is 33.8 Å². The monoisotopic (exact) mass is 259 g/mol. The van der Waals surface area contributed by atoms with Crippen LogP contribution in [0.4, 0.5) is 0 Å². The Balaban J connectivity index is 2.78. The highest BCUT2D eigenvalue weighted by Gasteiger charge is 2.11. The molecule has 2 nitrogen and oxygen atoms in total. The molecule has 88 valence electrons. The third-order valence-electron chi connectivity index (χ3n) is 2.48. The van der Waals surface area contributed by atoms with Crippen molar-refractivity contribution in [2.75, 3.05) is 7.05 Å². The number of carbonyl (C=O) groups excluding carboxylic acids is 1. The molecular formula is C12H15Cl2NO. The average Bonchev–Trinajstić information content (AvgIpc) is 2.23. The minimum atomic E-state index is 0.138. The Bertz CT molecular complexity index is 379. The van der Waals surface area contributed by atoms with Crippen LogP contribution in [0.25, 0.3) is 0 Å². The SMILES string of the molecule is CNC(CCC(C)=O)c1ccc(Cl)c(Cl)c1. The van der Waals surface area contributed by atoms with E-state index in [1.54, 1.807) is 13.0 Å². The highest BCUT2D eigenvalue weighted by atomic mass is 35.5. The van der Waals surface area contributed by atoms with E-state index in [-0.39, 0.29) is 11.8 Å². The molecule has 0 aliphatic heterocycles. The summed E-state index contributed by atoms with van der Waals surface area (Å²) in [6.45, 7) is 1.60. The van der Waals surface area contributed by atoms with Crippen LogP contribution in [0.2, 0.25) is 10.0 Å². The molecule has 0 aliphatic rings. The molecule has 0 aliphatic carbocycles. The summed E-state index contributed by atoms with van der Waals surface area (Å²) in [4.78, 5) is 10.9. The number of hydrogen-bond acceptors (Lipinski definition) is 2. The lowest BCUT2D eigenvalue weighted by atomic mass is 10.0. The lowest BCUT2D eigenvalue weighted by Crippen LogP contribution is -2.17. The fourth-order valence-corrected chi connectivity index (χ4v) is 1.86. The summed E-state index contributed by atoms with van der Waals surface area (Å²) in [6.07, 6.45) is 1.33. The maximum atomic E-state index is 10.9. The smallest absolute Gasteiger partial charge is 0.129 e. The fourth-order valence-electron chi connectivity index (χ4n) is 1.55. The molecule has 1 unspecified atom stereocenters. The number of hydrogen-bond donors (Lipinski definition) is 1. The molecule has 1 N–H and O–H groups in total. The molecule has 1 aromatic carbocycles. The van der Waals surface area contributed by atoms with E-state index >= 15 is 0 Å². The Hall–Kier alpha value is -0.570. The molecule has 1 rings (SSSR count). The van der Waals surface area contributed by atoms with Crippen LogP contribution >= 0.6 is 23.2 Å². The third kappa shape index (κ3) is 3.78.